The first-order valence-electron chi connectivity index (χ1n) is 8.95. The van der Waals surface area contributed by atoms with Crippen LogP contribution in [0.15, 0.2) is 30.3 Å². The summed E-state index contributed by atoms with van der Waals surface area (Å²) in [5.74, 6) is -3.49. The molecule has 28 heavy (non-hydrogen) atoms. The molecule has 2 N–H and O–H groups in total. The lowest BCUT2D eigenvalue weighted by Gasteiger charge is -2.55. The van der Waals surface area contributed by atoms with Crippen LogP contribution < -0.4 is 9.47 Å². The van der Waals surface area contributed by atoms with Crippen LogP contribution in [-0.2, 0) is 21.0 Å². The number of hydrogen-bond acceptors (Lipinski definition) is 8. The van der Waals surface area contributed by atoms with Gasteiger partial charge >= 0.3 is 0 Å². The first kappa shape index (κ1) is 15.0. The molecule has 5 atom stereocenters. The lowest BCUT2D eigenvalue weighted by atomic mass is 9.77. The number of carbonyl (C=O) groups is 2. The molecule has 2 aromatic rings. The Kier molecular flexibility index (Phi) is 2.27. The van der Waals surface area contributed by atoms with Crippen LogP contribution in [0.2, 0.25) is 0 Å². The smallest absolute Gasteiger partial charge is 0.274 e. The molecule has 0 aromatic heterocycles. The van der Waals surface area contributed by atoms with Gasteiger partial charge in [-0.2, -0.15) is 0 Å². The van der Waals surface area contributed by atoms with Gasteiger partial charge in [0.05, 0.1) is 16.7 Å². The van der Waals surface area contributed by atoms with Crippen molar-refractivity contribution in [2.45, 2.75) is 36.3 Å². The number of ketones is 2. The molecular formula is C20H12O8. The monoisotopic (exact) mass is 380 g/mol. The van der Waals surface area contributed by atoms with Crippen molar-refractivity contribution in [2.75, 3.05) is 0 Å². The summed E-state index contributed by atoms with van der Waals surface area (Å²) in [7, 11) is 0. The quantitative estimate of drug-likeness (QED) is 0.654. The van der Waals surface area contributed by atoms with Gasteiger partial charge in [-0.05, 0) is 18.2 Å². The second kappa shape index (κ2) is 4.22. The topological polar surface area (TPSA) is 115 Å². The fourth-order valence-corrected chi connectivity index (χ4v) is 4.98. The third-order valence-corrected chi connectivity index (χ3v) is 6.18. The second-order valence-corrected chi connectivity index (χ2v) is 7.64. The van der Waals surface area contributed by atoms with E-state index in [9.17, 15) is 19.8 Å². The van der Waals surface area contributed by atoms with Gasteiger partial charge in [0.2, 0.25) is 0 Å². The number of benzene rings is 2. The minimum absolute atomic E-state index is 0.0343. The van der Waals surface area contributed by atoms with Gasteiger partial charge in [-0.15, -0.1) is 0 Å². The first-order chi connectivity index (χ1) is 13.5. The Balaban J connectivity index is 1.61. The molecule has 0 unspecified atom stereocenters. The van der Waals surface area contributed by atoms with Crippen molar-refractivity contribution < 1.29 is 38.7 Å². The molecule has 7 rings (SSSR count). The van der Waals surface area contributed by atoms with E-state index in [0.29, 0.717) is 16.9 Å². The number of aliphatic hydroxyl groups is 1. The van der Waals surface area contributed by atoms with Gasteiger partial charge in [0.1, 0.15) is 23.4 Å². The van der Waals surface area contributed by atoms with E-state index < -0.39 is 29.9 Å². The summed E-state index contributed by atoms with van der Waals surface area (Å²) >= 11 is 0. The molecule has 2 aliphatic carbocycles. The number of carbonyl (C=O) groups excluding carboxylic acids is 2. The van der Waals surface area contributed by atoms with Gasteiger partial charge in [0.25, 0.3) is 11.6 Å². The Labute approximate surface area is 157 Å². The van der Waals surface area contributed by atoms with Gasteiger partial charge in [0.15, 0.2) is 23.8 Å². The molecule has 5 aliphatic rings. The molecule has 2 spiro atoms. The summed E-state index contributed by atoms with van der Waals surface area (Å²) in [5.41, 5.74) is 0.980. The van der Waals surface area contributed by atoms with Gasteiger partial charge in [-0.25, -0.2) is 0 Å². The van der Waals surface area contributed by atoms with Crippen molar-refractivity contribution in [3.8, 4) is 17.2 Å². The summed E-state index contributed by atoms with van der Waals surface area (Å²) < 4.78 is 24.3. The first-order valence-corrected chi connectivity index (χ1v) is 8.95. The summed E-state index contributed by atoms with van der Waals surface area (Å²) in [5, 5.41) is 21.2. The maximum Gasteiger partial charge on any atom is 0.274 e. The van der Waals surface area contributed by atoms with Crippen LogP contribution in [0.25, 0.3) is 0 Å². The summed E-state index contributed by atoms with van der Waals surface area (Å²) in [6.45, 7) is 0. The van der Waals surface area contributed by atoms with Crippen LogP contribution in [0.1, 0.15) is 38.3 Å². The molecule has 8 heteroatoms. The number of fused-ring (bicyclic) bond motifs is 1. The number of hydrogen-bond donors (Lipinski definition) is 2. The number of phenols is 1. The predicted molar refractivity (Wildman–Crippen MR) is 88.2 cm³/mol. The Bertz CT molecular complexity index is 1160. The molecule has 3 heterocycles. The van der Waals surface area contributed by atoms with Crippen LogP contribution in [0.3, 0.4) is 0 Å². The molecule has 2 aromatic carbocycles. The highest BCUT2D eigenvalue weighted by Crippen LogP contribution is 2.64. The van der Waals surface area contributed by atoms with Crippen molar-refractivity contribution in [3.63, 3.8) is 0 Å². The van der Waals surface area contributed by atoms with Crippen molar-refractivity contribution in [2.24, 2.45) is 0 Å². The molecule has 0 radical (unpaired) electrons. The van der Waals surface area contributed by atoms with Crippen LogP contribution in [0.4, 0.5) is 0 Å². The van der Waals surface area contributed by atoms with E-state index in [1.54, 1.807) is 18.2 Å². The third-order valence-electron chi connectivity index (χ3n) is 6.18. The van der Waals surface area contributed by atoms with E-state index in [2.05, 4.69) is 0 Å². The van der Waals surface area contributed by atoms with Crippen molar-refractivity contribution in [3.05, 3.63) is 52.6 Å². The van der Waals surface area contributed by atoms with E-state index in [1.165, 1.54) is 12.1 Å². The fraction of sp³-hybridized carbons (Fsp3) is 0.300. The fourth-order valence-electron chi connectivity index (χ4n) is 4.98. The van der Waals surface area contributed by atoms with E-state index in [-0.39, 0.29) is 40.6 Å². The Hall–Kier alpha value is -2.94. The molecule has 0 amide bonds. The third kappa shape index (κ3) is 1.38. The second-order valence-electron chi connectivity index (χ2n) is 7.64. The molecule has 3 aliphatic heterocycles. The predicted octanol–water partition coefficient (Wildman–Crippen LogP) is 1.11. The normalized spacial score (nSPS) is 37.8. The van der Waals surface area contributed by atoms with Gasteiger partial charge in [-0.1, -0.05) is 12.1 Å². The molecular weight excluding hydrogens is 368 g/mol. The van der Waals surface area contributed by atoms with Gasteiger partial charge in [0, 0.05) is 12.0 Å². The van der Waals surface area contributed by atoms with E-state index in [1.807, 2.05) is 0 Å². The zero-order chi connectivity index (χ0) is 19.0. The number of Topliss-reactive ketones (excluding diaryl/α,β-unsaturated/α-hetero) is 2. The van der Waals surface area contributed by atoms with Crippen LogP contribution in [-0.4, -0.2) is 40.1 Å². The van der Waals surface area contributed by atoms with Crippen molar-refractivity contribution in [1.29, 1.82) is 0 Å². The number of epoxide rings is 1. The summed E-state index contributed by atoms with van der Waals surface area (Å²) in [6.07, 6.45) is -3.01. The largest absolute Gasteiger partial charge is 0.507 e. The van der Waals surface area contributed by atoms with E-state index in [4.69, 9.17) is 18.9 Å². The maximum atomic E-state index is 12.7. The van der Waals surface area contributed by atoms with Gasteiger partial charge < -0.3 is 24.4 Å². The Morgan fingerprint density at radius 2 is 1.79 bits per heavy atom. The molecule has 140 valence electrons. The highest BCUT2D eigenvalue weighted by atomic mass is 16.8. The van der Waals surface area contributed by atoms with E-state index in [0.717, 1.165) is 0 Å². The highest BCUT2D eigenvalue weighted by molar-refractivity contribution is 6.07. The zero-order valence-electron chi connectivity index (χ0n) is 14.2. The Morgan fingerprint density at radius 1 is 1.00 bits per heavy atom. The van der Waals surface area contributed by atoms with Crippen LogP contribution in [0, 0.1) is 0 Å². The number of rotatable bonds is 0. The average Bonchev–Trinajstić information content (AvgIpc) is 3.48. The van der Waals surface area contributed by atoms with Crippen molar-refractivity contribution >= 4 is 11.6 Å². The van der Waals surface area contributed by atoms with Gasteiger partial charge in [-0.3, -0.25) is 14.3 Å². The Morgan fingerprint density at radius 3 is 2.64 bits per heavy atom. The minimum atomic E-state index is -1.67. The number of ether oxygens (including phenoxy) is 4. The number of aliphatic hydroxyl groups excluding tert-OH is 1. The SMILES string of the molecule is O=C1C[C@@H](O)[C@]23Oc4ccc(O)c5c4[C@](Oc4cccc1c42)(O3)[C@@H]1O[C@@H]1C5=O. The number of aromatic hydroxyl groups is 1. The molecule has 2 bridgehead atoms. The van der Waals surface area contributed by atoms with Crippen LogP contribution in [0.5, 0.6) is 17.2 Å². The average molecular weight is 380 g/mol. The van der Waals surface area contributed by atoms with Crippen molar-refractivity contribution in [1.82, 2.24) is 0 Å². The maximum absolute atomic E-state index is 12.7. The summed E-state index contributed by atoms with van der Waals surface area (Å²) in [6, 6.07) is 7.84. The molecule has 1 fully saturated rings. The summed E-state index contributed by atoms with van der Waals surface area (Å²) in [4.78, 5) is 25.2. The number of phenolic OH excluding ortho intramolecular Hbond substituents is 1. The van der Waals surface area contributed by atoms with E-state index >= 15 is 0 Å². The highest BCUT2D eigenvalue weighted by Gasteiger charge is 2.75. The molecule has 0 saturated carbocycles. The lowest BCUT2D eigenvalue weighted by molar-refractivity contribution is -0.388. The lowest BCUT2D eigenvalue weighted by Crippen LogP contribution is -2.65. The van der Waals surface area contributed by atoms with Crippen LogP contribution >= 0.6 is 0 Å². The minimum Gasteiger partial charge on any atom is -0.507 e. The molecule has 8 nitrogen and oxygen atoms in total. The zero-order valence-corrected chi connectivity index (χ0v) is 14.2. The standard InChI is InChI=1S/C20H12O8/c21-8-4-5-11-15-13(8)16(24)17-18(25-17)20(15)27-10-3-1-2-7-9(22)6-12(23)19(26-11,28-20)14(7)10/h1-5,12,17-18,21,23H,6H2/t12-,17-,18-,19-,20+/m1/s1. The molecule has 1 saturated heterocycles.